The first-order valence-corrected chi connectivity index (χ1v) is 7.03. The topological polar surface area (TPSA) is 38.3 Å². The van der Waals surface area contributed by atoms with E-state index in [0.29, 0.717) is 5.57 Å². The molecule has 21 heavy (non-hydrogen) atoms. The zero-order chi connectivity index (χ0) is 14.7. The highest BCUT2D eigenvalue weighted by atomic mass is 16.5. The van der Waals surface area contributed by atoms with Crippen molar-refractivity contribution in [3.8, 4) is 0 Å². The maximum atomic E-state index is 12.1. The van der Waals surface area contributed by atoms with Crippen molar-refractivity contribution >= 4 is 11.7 Å². The molecule has 2 aromatic carbocycles. The number of nitrogens with one attached hydrogen (secondary N) is 1. The van der Waals surface area contributed by atoms with Crippen LogP contribution in [0.3, 0.4) is 0 Å². The molecule has 0 radical (unpaired) electrons. The fraction of sp³-hybridized carbons (Fsp3) is 0.167. The van der Waals surface area contributed by atoms with Crippen LogP contribution in [0.4, 0.5) is 5.69 Å². The summed E-state index contributed by atoms with van der Waals surface area (Å²) in [7, 11) is 0. The van der Waals surface area contributed by atoms with Crippen LogP contribution in [-0.4, -0.2) is 12.0 Å². The Morgan fingerprint density at radius 1 is 1.00 bits per heavy atom. The molecule has 2 aromatic rings. The number of carbonyl (C=O) groups excluding carboxylic acids is 1. The highest BCUT2D eigenvalue weighted by Gasteiger charge is 2.29. The van der Waals surface area contributed by atoms with Gasteiger partial charge in [0.25, 0.3) is 0 Å². The van der Waals surface area contributed by atoms with Crippen molar-refractivity contribution < 1.29 is 9.53 Å². The van der Waals surface area contributed by atoms with Crippen molar-refractivity contribution in [2.45, 2.75) is 19.1 Å². The van der Waals surface area contributed by atoms with Gasteiger partial charge in [-0.15, -0.1) is 0 Å². The number of hydrogen-bond acceptors (Lipinski definition) is 3. The minimum absolute atomic E-state index is 0.0892. The van der Waals surface area contributed by atoms with E-state index in [9.17, 15) is 4.79 Å². The molecule has 3 nitrogen and oxygen atoms in total. The van der Waals surface area contributed by atoms with Crippen molar-refractivity contribution in [1.29, 1.82) is 0 Å². The van der Waals surface area contributed by atoms with Gasteiger partial charge >= 0.3 is 5.97 Å². The molecule has 2 unspecified atom stereocenters. The SMILES string of the molecule is CC(Nc1ccccc1)C1=CC(c2ccccc2)OC1=O. The number of anilines is 1. The summed E-state index contributed by atoms with van der Waals surface area (Å²) >= 11 is 0. The van der Waals surface area contributed by atoms with Gasteiger partial charge in [0.2, 0.25) is 0 Å². The number of hydrogen-bond donors (Lipinski definition) is 1. The number of esters is 1. The summed E-state index contributed by atoms with van der Waals surface area (Å²) < 4.78 is 5.45. The fourth-order valence-corrected chi connectivity index (χ4v) is 2.44. The van der Waals surface area contributed by atoms with Gasteiger partial charge in [-0.2, -0.15) is 0 Å². The minimum Gasteiger partial charge on any atom is -0.450 e. The lowest BCUT2D eigenvalue weighted by Crippen LogP contribution is -2.21. The van der Waals surface area contributed by atoms with Crippen molar-refractivity contribution in [2.75, 3.05) is 5.32 Å². The number of para-hydroxylation sites is 1. The fourth-order valence-electron chi connectivity index (χ4n) is 2.44. The molecule has 1 N–H and O–H groups in total. The molecule has 3 rings (SSSR count). The second kappa shape index (κ2) is 5.83. The number of cyclic esters (lactones) is 1. The molecule has 1 aliphatic rings. The average Bonchev–Trinajstić information content (AvgIpc) is 2.91. The van der Waals surface area contributed by atoms with Crippen molar-refractivity contribution in [3.63, 3.8) is 0 Å². The third-order valence-corrected chi connectivity index (χ3v) is 3.55. The predicted octanol–water partition coefficient (Wildman–Crippen LogP) is 3.71. The summed E-state index contributed by atoms with van der Waals surface area (Å²) in [6.45, 7) is 1.97. The Balaban J connectivity index is 1.76. The summed E-state index contributed by atoms with van der Waals surface area (Å²) in [5.74, 6) is -0.250. The third-order valence-electron chi connectivity index (χ3n) is 3.55. The van der Waals surface area contributed by atoms with Gasteiger partial charge in [0.15, 0.2) is 0 Å². The molecule has 0 saturated heterocycles. The molecule has 2 atom stereocenters. The molecule has 0 bridgehead atoms. The van der Waals surface area contributed by atoms with Crippen LogP contribution in [0.5, 0.6) is 0 Å². The van der Waals surface area contributed by atoms with Crippen LogP contribution in [0.1, 0.15) is 18.6 Å². The Bertz CT molecular complexity index is 649. The molecule has 0 fully saturated rings. The number of rotatable bonds is 4. The van der Waals surface area contributed by atoms with E-state index in [1.165, 1.54) is 0 Å². The summed E-state index contributed by atoms with van der Waals surface area (Å²) in [6.07, 6.45) is 1.62. The second-order valence-electron chi connectivity index (χ2n) is 5.09. The standard InChI is InChI=1S/C18H17NO2/c1-13(19-15-10-6-3-7-11-15)16-12-17(21-18(16)20)14-8-4-2-5-9-14/h2-13,17,19H,1H3. The third kappa shape index (κ3) is 2.97. The summed E-state index contributed by atoms with van der Waals surface area (Å²) in [6, 6.07) is 19.5. The molecule has 0 amide bonds. The van der Waals surface area contributed by atoms with Crippen LogP contribution < -0.4 is 5.32 Å². The number of benzene rings is 2. The molecular weight excluding hydrogens is 262 g/mol. The van der Waals surface area contributed by atoms with Crippen LogP contribution >= 0.6 is 0 Å². The van der Waals surface area contributed by atoms with E-state index in [1.807, 2.05) is 73.7 Å². The van der Waals surface area contributed by atoms with E-state index < -0.39 is 0 Å². The lowest BCUT2D eigenvalue weighted by atomic mass is 10.1. The molecule has 0 saturated carbocycles. The Labute approximate surface area is 124 Å². The van der Waals surface area contributed by atoms with Crippen LogP contribution in [0, 0.1) is 0 Å². The van der Waals surface area contributed by atoms with Gasteiger partial charge in [0.05, 0.1) is 11.6 Å². The van der Waals surface area contributed by atoms with E-state index in [2.05, 4.69) is 5.32 Å². The zero-order valence-corrected chi connectivity index (χ0v) is 11.8. The van der Waals surface area contributed by atoms with E-state index in [0.717, 1.165) is 11.3 Å². The smallest absolute Gasteiger partial charge is 0.336 e. The van der Waals surface area contributed by atoms with Crippen LogP contribution in [0.15, 0.2) is 72.3 Å². The van der Waals surface area contributed by atoms with Gasteiger partial charge in [-0.05, 0) is 30.7 Å². The number of ether oxygens (including phenoxy) is 1. The summed E-state index contributed by atoms with van der Waals surface area (Å²) in [4.78, 5) is 12.1. The molecule has 3 heteroatoms. The lowest BCUT2D eigenvalue weighted by molar-refractivity contribution is -0.140. The van der Waals surface area contributed by atoms with Gasteiger partial charge in [0.1, 0.15) is 6.10 Å². The molecular formula is C18H17NO2. The summed E-state index contributed by atoms with van der Waals surface area (Å²) in [5.41, 5.74) is 2.65. The first-order chi connectivity index (χ1) is 10.2. The molecule has 1 heterocycles. The van der Waals surface area contributed by atoms with Crippen molar-refractivity contribution in [1.82, 2.24) is 0 Å². The molecule has 0 spiro atoms. The van der Waals surface area contributed by atoms with Gasteiger partial charge < -0.3 is 10.1 Å². The van der Waals surface area contributed by atoms with E-state index in [1.54, 1.807) is 0 Å². The minimum atomic E-state index is -0.284. The Hall–Kier alpha value is -2.55. The summed E-state index contributed by atoms with van der Waals surface area (Å²) in [5, 5.41) is 3.32. The first-order valence-electron chi connectivity index (χ1n) is 7.03. The van der Waals surface area contributed by atoms with Crippen LogP contribution in [-0.2, 0) is 9.53 Å². The van der Waals surface area contributed by atoms with Gasteiger partial charge in [-0.1, -0.05) is 48.5 Å². The Morgan fingerprint density at radius 3 is 2.29 bits per heavy atom. The van der Waals surface area contributed by atoms with Crippen LogP contribution in [0.2, 0.25) is 0 Å². The molecule has 0 aromatic heterocycles. The van der Waals surface area contributed by atoms with Crippen molar-refractivity contribution in [3.05, 3.63) is 77.9 Å². The molecule has 1 aliphatic heterocycles. The predicted molar refractivity (Wildman–Crippen MR) is 82.9 cm³/mol. The number of carbonyl (C=O) groups is 1. The first kappa shape index (κ1) is 13.4. The highest BCUT2D eigenvalue weighted by molar-refractivity contribution is 5.93. The Morgan fingerprint density at radius 2 is 1.62 bits per heavy atom. The van der Waals surface area contributed by atoms with Crippen LogP contribution in [0.25, 0.3) is 0 Å². The van der Waals surface area contributed by atoms with Gasteiger partial charge in [0, 0.05) is 5.69 Å². The highest BCUT2D eigenvalue weighted by Crippen LogP contribution is 2.29. The monoisotopic (exact) mass is 279 g/mol. The molecule has 0 aliphatic carbocycles. The lowest BCUT2D eigenvalue weighted by Gasteiger charge is -2.14. The Kier molecular flexibility index (Phi) is 3.73. The van der Waals surface area contributed by atoms with E-state index in [4.69, 9.17) is 4.74 Å². The quantitative estimate of drug-likeness (QED) is 0.867. The van der Waals surface area contributed by atoms with E-state index in [-0.39, 0.29) is 18.1 Å². The largest absolute Gasteiger partial charge is 0.450 e. The van der Waals surface area contributed by atoms with E-state index >= 15 is 0 Å². The van der Waals surface area contributed by atoms with Gasteiger partial charge in [-0.3, -0.25) is 0 Å². The normalized spacial score (nSPS) is 18.8. The van der Waals surface area contributed by atoms with Crippen molar-refractivity contribution in [2.24, 2.45) is 0 Å². The maximum Gasteiger partial charge on any atom is 0.336 e. The zero-order valence-electron chi connectivity index (χ0n) is 11.8. The second-order valence-corrected chi connectivity index (χ2v) is 5.09. The maximum absolute atomic E-state index is 12.1. The average molecular weight is 279 g/mol. The van der Waals surface area contributed by atoms with Gasteiger partial charge in [-0.25, -0.2) is 4.79 Å². The molecule has 106 valence electrons.